The Kier molecular flexibility index (Phi) is 6.23. The molecule has 0 unspecified atom stereocenters. The first-order valence-corrected chi connectivity index (χ1v) is 5.38. The van der Waals surface area contributed by atoms with Crippen molar-refractivity contribution < 1.29 is 15.0 Å². The van der Waals surface area contributed by atoms with Gasteiger partial charge in [0, 0.05) is 16.1 Å². The second-order valence-electron chi connectivity index (χ2n) is 3.33. The average molecular weight is 323 g/mol. The first kappa shape index (κ1) is 16.0. The number of halogens is 2. The number of phenols is 1. The summed E-state index contributed by atoms with van der Waals surface area (Å²) in [5.41, 5.74) is 6.03. The molecule has 94 valence electrons. The fraction of sp³-hybridized carbons (Fsp3) is 0.182. The number of aromatic carboxylic acids is 1. The van der Waals surface area contributed by atoms with Crippen LogP contribution in [-0.4, -0.2) is 16.2 Å². The number of carbonyl (C=O) groups is 1. The molecule has 1 rings (SSSR count). The maximum Gasteiger partial charge on any atom is 0.339 e. The molecule has 1 aromatic rings. The van der Waals surface area contributed by atoms with Crippen LogP contribution in [0.25, 0.3) is 0 Å². The van der Waals surface area contributed by atoms with Gasteiger partial charge in [-0.3, -0.25) is 0 Å². The molecule has 0 aromatic heterocycles. The average Bonchev–Trinajstić information content (AvgIpc) is 2.20. The molecule has 0 fully saturated rings. The third-order valence-electron chi connectivity index (χ3n) is 2.15. The lowest BCUT2D eigenvalue weighted by Crippen LogP contribution is -2.11. The predicted molar refractivity (Wildman–Crippen MR) is 71.8 cm³/mol. The molecule has 0 aliphatic carbocycles. The van der Waals surface area contributed by atoms with E-state index in [4.69, 9.17) is 10.8 Å². The minimum atomic E-state index is -1.19. The van der Waals surface area contributed by atoms with Crippen molar-refractivity contribution in [2.45, 2.75) is 12.5 Å². The number of nitrogens with two attached hydrogens (primary N) is 1. The molecular weight excluding hydrogens is 309 g/mol. The van der Waals surface area contributed by atoms with Gasteiger partial charge in [0.05, 0.1) is 0 Å². The highest BCUT2D eigenvalue weighted by Crippen LogP contribution is 2.32. The van der Waals surface area contributed by atoms with Gasteiger partial charge in [0.15, 0.2) is 0 Å². The summed E-state index contributed by atoms with van der Waals surface area (Å²) < 4.78 is 0.567. The van der Waals surface area contributed by atoms with Crippen molar-refractivity contribution in [2.75, 3.05) is 0 Å². The monoisotopic (exact) mass is 321 g/mol. The van der Waals surface area contributed by atoms with E-state index in [-0.39, 0.29) is 23.7 Å². The standard InChI is InChI=1S/C11H12BrNO3.ClH/c1-2-3-9(13)7-4-6(12)5-8(10(7)14)11(15)16;/h2,4-5,9,14H,1,3,13H2,(H,15,16);1H/t9-;/m1./s1. The molecule has 0 aliphatic heterocycles. The summed E-state index contributed by atoms with van der Waals surface area (Å²) in [6, 6.07) is 2.48. The largest absolute Gasteiger partial charge is 0.507 e. The molecule has 4 nitrogen and oxygen atoms in total. The van der Waals surface area contributed by atoms with Gasteiger partial charge in [-0.1, -0.05) is 22.0 Å². The van der Waals surface area contributed by atoms with Gasteiger partial charge >= 0.3 is 5.97 Å². The van der Waals surface area contributed by atoms with Crippen molar-refractivity contribution in [1.82, 2.24) is 0 Å². The van der Waals surface area contributed by atoms with Gasteiger partial charge in [0.25, 0.3) is 0 Å². The number of hydrogen-bond donors (Lipinski definition) is 3. The normalized spacial score (nSPS) is 11.4. The highest BCUT2D eigenvalue weighted by Gasteiger charge is 2.18. The molecule has 0 radical (unpaired) electrons. The number of carboxylic acids is 1. The van der Waals surface area contributed by atoms with Crippen LogP contribution in [0.3, 0.4) is 0 Å². The maximum absolute atomic E-state index is 10.9. The zero-order valence-corrected chi connectivity index (χ0v) is 11.3. The van der Waals surface area contributed by atoms with E-state index in [1.54, 1.807) is 12.1 Å². The van der Waals surface area contributed by atoms with Crippen LogP contribution in [0.15, 0.2) is 29.3 Å². The lowest BCUT2D eigenvalue weighted by Gasteiger charge is -2.13. The number of benzene rings is 1. The highest BCUT2D eigenvalue weighted by atomic mass is 79.9. The zero-order chi connectivity index (χ0) is 12.3. The molecule has 0 amide bonds. The van der Waals surface area contributed by atoms with Crippen LogP contribution in [0, 0.1) is 0 Å². The molecule has 1 atom stereocenters. The van der Waals surface area contributed by atoms with Crippen LogP contribution in [0.4, 0.5) is 0 Å². The summed E-state index contributed by atoms with van der Waals surface area (Å²) in [5, 5.41) is 18.6. The molecule has 4 N–H and O–H groups in total. The van der Waals surface area contributed by atoms with Crippen molar-refractivity contribution in [3.63, 3.8) is 0 Å². The number of hydrogen-bond acceptors (Lipinski definition) is 3. The lowest BCUT2D eigenvalue weighted by molar-refractivity contribution is 0.0693. The Labute approximate surface area is 114 Å². The smallest absolute Gasteiger partial charge is 0.339 e. The van der Waals surface area contributed by atoms with Crippen LogP contribution in [0.5, 0.6) is 5.75 Å². The van der Waals surface area contributed by atoms with Crippen molar-refractivity contribution in [3.8, 4) is 5.75 Å². The van der Waals surface area contributed by atoms with Crippen molar-refractivity contribution in [1.29, 1.82) is 0 Å². The lowest BCUT2D eigenvalue weighted by atomic mass is 10.0. The Bertz CT molecular complexity index is 437. The molecular formula is C11H13BrClNO3. The predicted octanol–water partition coefficient (Wildman–Crippen LogP) is 2.85. The van der Waals surface area contributed by atoms with Gasteiger partial charge in [-0.2, -0.15) is 0 Å². The van der Waals surface area contributed by atoms with E-state index in [0.717, 1.165) is 0 Å². The summed E-state index contributed by atoms with van der Waals surface area (Å²) >= 11 is 3.18. The second-order valence-corrected chi connectivity index (χ2v) is 4.24. The summed E-state index contributed by atoms with van der Waals surface area (Å²) in [5.74, 6) is -1.48. The Hall–Kier alpha value is -1.04. The number of carboxylic acid groups (broad SMARTS) is 1. The fourth-order valence-corrected chi connectivity index (χ4v) is 1.85. The molecule has 1 aromatic carbocycles. The molecule has 17 heavy (non-hydrogen) atoms. The van der Waals surface area contributed by atoms with E-state index < -0.39 is 12.0 Å². The molecule has 6 heteroatoms. The van der Waals surface area contributed by atoms with Crippen molar-refractivity contribution in [3.05, 3.63) is 40.4 Å². The van der Waals surface area contributed by atoms with Gasteiger partial charge in [-0.25, -0.2) is 4.79 Å². The van der Waals surface area contributed by atoms with Gasteiger partial charge in [-0.05, 0) is 18.6 Å². The van der Waals surface area contributed by atoms with E-state index in [1.165, 1.54) is 6.07 Å². The Morgan fingerprint density at radius 2 is 2.18 bits per heavy atom. The Balaban J connectivity index is 0.00000256. The summed E-state index contributed by atoms with van der Waals surface area (Å²) in [6.07, 6.45) is 2.08. The quantitative estimate of drug-likeness (QED) is 0.744. The third-order valence-corrected chi connectivity index (χ3v) is 2.61. The Morgan fingerprint density at radius 3 is 2.65 bits per heavy atom. The van der Waals surface area contributed by atoms with Crippen LogP contribution in [0.1, 0.15) is 28.4 Å². The minimum Gasteiger partial charge on any atom is -0.507 e. The first-order chi connectivity index (χ1) is 7.47. The molecule has 0 aliphatic rings. The second kappa shape index (κ2) is 6.64. The van der Waals surface area contributed by atoms with E-state index in [1.807, 2.05) is 0 Å². The van der Waals surface area contributed by atoms with Crippen LogP contribution < -0.4 is 5.73 Å². The number of rotatable bonds is 4. The zero-order valence-electron chi connectivity index (χ0n) is 8.89. The topological polar surface area (TPSA) is 83.6 Å². The highest BCUT2D eigenvalue weighted by molar-refractivity contribution is 9.10. The Morgan fingerprint density at radius 1 is 1.59 bits per heavy atom. The van der Waals surface area contributed by atoms with Crippen LogP contribution >= 0.6 is 28.3 Å². The molecule has 0 saturated heterocycles. The minimum absolute atomic E-state index is 0. The van der Waals surface area contributed by atoms with Crippen LogP contribution in [0.2, 0.25) is 0 Å². The van der Waals surface area contributed by atoms with Gasteiger partial charge < -0.3 is 15.9 Å². The summed E-state index contributed by atoms with van der Waals surface area (Å²) in [6.45, 7) is 3.55. The first-order valence-electron chi connectivity index (χ1n) is 4.59. The van der Waals surface area contributed by atoms with Gasteiger partial charge in [0.1, 0.15) is 11.3 Å². The van der Waals surface area contributed by atoms with Crippen molar-refractivity contribution in [2.24, 2.45) is 5.73 Å². The molecule has 0 bridgehead atoms. The van der Waals surface area contributed by atoms with E-state index in [0.29, 0.717) is 16.5 Å². The molecule has 0 saturated carbocycles. The number of aromatic hydroxyl groups is 1. The SMILES string of the molecule is C=CC[C@@H](N)c1cc(Br)cc(C(=O)O)c1O.Cl. The van der Waals surface area contributed by atoms with Gasteiger partial charge in [-0.15, -0.1) is 19.0 Å². The van der Waals surface area contributed by atoms with E-state index >= 15 is 0 Å². The van der Waals surface area contributed by atoms with Gasteiger partial charge in [0.2, 0.25) is 0 Å². The van der Waals surface area contributed by atoms with E-state index in [2.05, 4.69) is 22.5 Å². The fourth-order valence-electron chi connectivity index (χ4n) is 1.37. The maximum atomic E-state index is 10.9. The molecule has 0 heterocycles. The summed E-state index contributed by atoms with van der Waals surface area (Å²) in [4.78, 5) is 10.9. The summed E-state index contributed by atoms with van der Waals surface area (Å²) in [7, 11) is 0. The third kappa shape index (κ3) is 3.73. The van der Waals surface area contributed by atoms with Crippen molar-refractivity contribution >= 4 is 34.3 Å². The molecule has 0 spiro atoms. The van der Waals surface area contributed by atoms with Crippen LogP contribution in [-0.2, 0) is 0 Å². The van der Waals surface area contributed by atoms with E-state index in [9.17, 15) is 9.90 Å².